The number of ether oxygens (including phenoxy) is 2. The second-order valence-electron chi connectivity index (χ2n) is 6.14. The molecule has 2 atom stereocenters. The number of nitrogens with zero attached hydrogens (tertiary/aromatic N) is 1. The summed E-state index contributed by atoms with van der Waals surface area (Å²) in [5.41, 5.74) is -0.419. The number of carbonyl (C=O) groups is 2. The van der Waals surface area contributed by atoms with E-state index in [-0.39, 0.29) is 30.3 Å². The Balaban J connectivity index is 2.46. The molecule has 1 aliphatic rings. The number of anilines is 1. The van der Waals surface area contributed by atoms with E-state index in [9.17, 15) is 22.8 Å². The number of benzene rings is 1. The van der Waals surface area contributed by atoms with Crippen molar-refractivity contribution < 1.29 is 32.2 Å². The van der Waals surface area contributed by atoms with Crippen LogP contribution in [-0.4, -0.2) is 36.7 Å². The minimum absolute atomic E-state index is 0.159. The van der Waals surface area contributed by atoms with Gasteiger partial charge in [0.05, 0.1) is 11.3 Å². The van der Waals surface area contributed by atoms with Crippen LogP contribution < -0.4 is 4.90 Å². The summed E-state index contributed by atoms with van der Waals surface area (Å²) in [6.07, 6.45) is -3.38. The lowest BCUT2D eigenvalue weighted by Crippen LogP contribution is -2.45. The van der Waals surface area contributed by atoms with Crippen molar-refractivity contribution in [3.05, 3.63) is 29.3 Å². The second-order valence-corrected chi connectivity index (χ2v) is 7.13. The standard InChI is InChI=1S/C18H22F3NO4S/c1-4-13-10-16(26-11(2)23)14-9-12(18(19,20)21)5-6-15(14)22(13)17(24)25-7-8-27-3/h5-6,9,13,16H,4,7-8,10H2,1-3H3/t13-,16+/m1/s1. The molecule has 27 heavy (non-hydrogen) atoms. The summed E-state index contributed by atoms with van der Waals surface area (Å²) in [6, 6.07) is 2.76. The quantitative estimate of drug-likeness (QED) is 0.520. The van der Waals surface area contributed by atoms with Crippen molar-refractivity contribution in [1.29, 1.82) is 0 Å². The first-order valence-electron chi connectivity index (χ1n) is 8.52. The monoisotopic (exact) mass is 405 g/mol. The summed E-state index contributed by atoms with van der Waals surface area (Å²) in [6.45, 7) is 3.26. The van der Waals surface area contributed by atoms with E-state index in [2.05, 4.69) is 0 Å². The number of esters is 1. The number of hydrogen-bond acceptors (Lipinski definition) is 5. The van der Waals surface area contributed by atoms with Gasteiger partial charge in [0.25, 0.3) is 0 Å². The van der Waals surface area contributed by atoms with Gasteiger partial charge in [-0.1, -0.05) is 6.92 Å². The molecule has 0 fully saturated rings. The lowest BCUT2D eigenvalue weighted by molar-refractivity contribution is -0.147. The van der Waals surface area contributed by atoms with Gasteiger partial charge < -0.3 is 9.47 Å². The molecule has 9 heteroatoms. The number of alkyl halides is 3. The summed E-state index contributed by atoms with van der Waals surface area (Å²) in [5, 5.41) is 0. The summed E-state index contributed by atoms with van der Waals surface area (Å²) < 4.78 is 49.9. The van der Waals surface area contributed by atoms with Crippen LogP contribution in [-0.2, 0) is 20.4 Å². The lowest BCUT2D eigenvalue weighted by atomic mass is 9.90. The molecular formula is C18H22F3NO4S. The predicted molar refractivity (Wildman–Crippen MR) is 96.9 cm³/mol. The predicted octanol–water partition coefficient (Wildman–Crippen LogP) is 4.80. The van der Waals surface area contributed by atoms with Crippen molar-refractivity contribution >= 4 is 29.5 Å². The smallest absolute Gasteiger partial charge is 0.416 e. The Labute approximate surface area is 160 Å². The Morgan fingerprint density at radius 3 is 2.59 bits per heavy atom. The van der Waals surface area contributed by atoms with E-state index in [1.165, 1.54) is 29.7 Å². The van der Waals surface area contributed by atoms with Crippen molar-refractivity contribution in [3.63, 3.8) is 0 Å². The molecule has 1 aromatic rings. The van der Waals surface area contributed by atoms with Crippen LogP contribution in [0.25, 0.3) is 0 Å². The first kappa shape index (κ1) is 21.4. The highest BCUT2D eigenvalue weighted by atomic mass is 32.2. The maximum atomic E-state index is 13.1. The Hall–Kier alpha value is -1.90. The molecule has 0 aliphatic carbocycles. The Morgan fingerprint density at radius 1 is 1.33 bits per heavy atom. The largest absolute Gasteiger partial charge is 0.458 e. The maximum absolute atomic E-state index is 13.1. The van der Waals surface area contributed by atoms with Crippen molar-refractivity contribution in [1.82, 2.24) is 0 Å². The van der Waals surface area contributed by atoms with E-state index in [1.807, 2.05) is 13.2 Å². The van der Waals surface area contributed by atoms with Crippen molar-refractivity contribution in [2.24, 2.45) is 0 Å². The normalized spacial score (nSPS) is 19.4. The maximum Gasteiger partial charge on any atom is 0.416 e. The molecule has 0 N–H and O–H groups in total. The van der Waals surface area contributed by atoms with Crippen LogP contribution in [0.4, 0.5) is 23.7 Å². The molecule has 150 valence electrons. The third-order valence-electron chi connectivity index (χ3n) is 4.30. The number of halogens is 3. The highest BCUT2D eigenvalue weighted by Crippen LogP contribution is 2.43. The molecule has 2 rings (SSSR count). The molecule has 0 spiro atoms. The van der Waals surface area contributed by atoms with Crippen LogP contribution in [0.3, 0.4) is 0 Å². The first-order chi connectivity index (χ1) is 12.7. The van der Waals surface area contributed by atoms with Crippen molar-refractivity contribution in [3.8, 4) is 0 Å². The number of hydrogen-bond donors (Lipinski definition) is 0. The van der Waals surface area contributed by atoms with Gasteiger partial charge in [0.15, 0.2) is 0 Å². The minimum atomic E-state index is -4.54. The van der Waals surface area contributed by atoms with Gasteiger partial charge in [0.1, 0.15) is 12.7 Å². The molecule has 0 radical (unpaired) electrons. The average molecular weight is 405 g/mol. The molecule has 1 heterocycles. The van der Waals surface area contributed by atoms with Gasteiger partial charge in [0, 0.05) is 30.7 Å². The van der Waals surface area contributed by atoms with Crippen LogP contribution in [0.15, 0.2) is 18.2 Å². The zero-order valence-corrected chi connectivity index (χ0v) is 16.2. The average Bonchev–Trinajstić information content (AvgIpc) is 2.59. The van der Waals surface area contributed by atoms with Gasteiger partial charge in [-0.3, -0.25) is 9.69 Å². The van der Waals surface area contributed by atoms with Crippen LogP contribution in [0.1, 0.15) is 43.9 Å². The van der Waals surface area contributed by atoms with E-state index >= 15 is 0 Å². The first-order valence-corrected chi connectivity index (χ1v) is 9.91. The topological polar surface area (TPSA) is 55.8 Å². The van der Waals surface area contributed by atoms with E-state index in [4.69, 9.17) is 9.47 Å². The molecule has 1 amide bonds. The molecule has 0 bridgehead atoms. The molecule has 1 aromatic carbocycles. The highest BCUT2D eigenvalue weighted by Gasteiger charge is 2.40. The van der Waals surface area contributed by atoms with E-state index in [0.29, 0.717) is 12.2 Å². The lowest BCUT2D eigenvalue weighted by Gasteiger charge is -2.39. The molecule has 0 aromatic heterocycles. The van der Waals surface area contributed by atoms with Gasteiger partial charge in [-0.2, -0.15) is 24.9 Å². The summed E-state index contributed by atoms with van der Waals surface area (Å²) >= 11 is 1.52. The fourth-order valence-corrected chi connectivity index (χ4v) is 3.32. The summed E-state index contributed by atoms with van der Waals surface area (Å²) in [7, 11) is 0. The highest BCUT2D eigenvalue weighted by molar-refractivity contribution is 7.98. The molecule has 0 saturated heterocycles. The summed E-state index contributed by atoms with van der Waals surface area (Å²) in [5.74, 6) is 0.0287. The van der Waals surface area contributed by atoms with Gasteiger partial charge in [-0.25, -0.2) is 4.79 Å². The molecule has 0 saturated carbocycles. The Bertz CT molecular complexity index is 696. The van der Waals surface area contributed by atoms with Crippen LogP contribution in [0.2, 0.25) is 0 Å². The number of carbonyl (C=O) groups excluding carboxylic acids is 2. The second kappa shape index (κ2) is 8.86. The zero-order valence-electron chi connectivity index (χ0n) is 15.3. The molecule has 0 unspecified atom stereocenters. The SMILES string of the molecule is CC[C@@H]1C[C@H](OC(C)=O)c2cc(C(F)(F)F)ccc2N1C(=O)OCCSC. The van der Waals surface area contributed by atoms with E-state index in [0.717, 1.165) is 12.1 Å². The minimum Gasteiger partial charge on any atom is -0.458 e. The van der Waals surface area contributed by atoms with Crippen LogP contribution in [0.5, 0.6) is 0 Å². The molecule has 1 aliphatic heterocycles. The van der Waals surface area contributed by atoms with Crippen LogP contribution in [0, 0.1) is 0 Å². The van der Waals surface area contributed by atoms with E-state index in [1.54, 1.807) is 0 Å². The third-order valence-corrected chi connectivity index (χ3v) is 4.88. The van der Waals surface area contributed by atoms with Gasteiger partial charge in [-0.15, -0.1) is 0 Å². The van der Waals surface area contributed by atoms with Gasteiger partial charge in [0.2, 0.25) is 0 Å². The number of rotatable bonds is 5. The fourth-order valence-electron chi connectivity index (χ4n) is 3.07. The summed E-state index contributed by atoms with van der Waals surface area (Å²) in [4.78, 5) is 25.4. The van der Waals surface area contributed by atoms with Crippen LogP contribution >= 0.6 is 11.8 Å². The molecular weight excluding hydrogens is 383 g/mol. The van der Waals surface area contributed by atoms with E-state index < -0.39 is 29.9 Å². The van der Waals surface area contributed by atoms with Crippen molar-refractivity contribution in [2.75, 3.05) is 23.5 Å². The number of amides is 1. The zero-order chi connectivity index (χ0) is 20.2. The van der Waals surface area contributed by atoms with Gasteiger partial charge in [-0.05, 0) is 30.9 Å². The molecule has 5 nitrogen and oxygen atoms in total. The van der Waals surface area contributed by atoms with Crippen molar-refractivity contribution in [2.45, 2.75) is 45.0 Å². The third kappa shape index (κ3) is 5.09. The number of fused-ring (bicyclic) bond motifs is 1. The Morgan fingerprint density at radius 2 is 2.04 bits per heavy atom. The van der Waals surface area contributed by atoms with Gasteiger partial charge >= 0.3 is 18.2 Å². The Kier molecular flexibility index (Phi) is 7.02. The fraction of sp³-hybridized carbons (Fsp3) is 0.556. The number of thioether (sulfide) groups is 1.